The van der Waals surface area contributed by atoms with Crippen molar-refractivity contribution in [2.75, 3.05) is 18.4 Å². The normalized spacial score (nSPS) is 17.1. The molecule has 4 nitrogen and oxygen atoms in total. The monoisotopic (exact) mass is 219 g/mol. The van der Waals surface area contributed by atoms with E-state index in [1.165, 1.54) is 0 Å². The average molecular weight is 219 g/mol. The summed E-state index contributed by atoms with van der Waals surface area (Å²) in [5.74, 6) is 0.885. The van der Waals surface area contributed by atoms with Crippen molar-refractivity contribution in [3.63, 3.8) is 0 Å². The highest BCUT2D eigenvalue weighted by atomic mass is 16.1. The molecular weight excluding hydrogens is 202 g/mol. The number of piperidine rings is 1. The van der Waals surface area contributed by atoms with E-state index in [-0.39, 0.29) is 5.78 Å². The van der Waals surface area contributed by atoms with Gasteiger partial charge in [-0.15, -0.1) is 0 Å². The molecule has 0 spiro atoms. The molecule has 4 heteroatoms. The van der Waals surface area contributed by atoms with Gasteiger partial charge in [0.25, 0.3) is 0 Å². The van der Waals surface area contributed by atoms with E-state index in [4.69, 9.17) is 0 Å². The third-order valence-electron chi connectivity index (χ3n) is 2.86. The van der Waals surface area contributed by atoms with Crippen LogP contribution in [0.5, 0.6) is 0 Å². The lowest BCUT2D eigenvalue weighted by Crippen LogP contribution is -2.35. The van der Waals surface area contributed by atoms with Gasteiger partial charge in [-0.2, -0.15) is 0 Å². The first-order valence-electron chi connectivity index (χ1n) is 5.70. The topological polar surface area (TPSA) is 54.0 Å². The van der Waals surface area contributed by atoms with E-state index in [1.54, 1.807) is 19.2 Å². The highest BCUT2D eigenvalue weighted by Gasteiger charge is 2.13. The van der Waals surface area contributed by atoms with Crippen LogP contribution >= 0.6 is 0 Å². The predicted octanol–water partition coefficient (Wildman–Crippen LogP) is 1.45. The first kappa shape index (κ1) is 11.1. The Kier molecular flexibility index (Phi) is 3.51. The van der Waals surface area contributed by atoms with Crippen molar-refractivity contribution in [3.8, 4) is 0 Å². The molecule has 2 heterocycles. The van der Waals surface area contributed by atoms with Crippen molar-refractivity contribution in [3.05, 3.63) is 23.9 Å². The molecule has 0 unspecified atom stereocenters. The highest BCUT2D eigenvalue weighted by molar-refractivity contribution is 5.94. The third kappa shape index (κ3) is 2.79. The van der Waals surface area contributed by atoms with Gasteiger partial charge in [-0.3, -0.25) is 4.79 Å². The predicted molar refractivity (Wildman–Crippen MR) is 63.8 cm³/mol. The molecule has 0 aliphatic carbocycles. The van der Waals surface area contributed by atoms with Gasteiger partial charge in [0.15, 0.2) is 5.78 Å². The van der Waals surface area contributed by atoms with Crippen LogP contribution in [0.25, 0.3) is 0 Å². The van der Waals surface area contributed by atoms with Gasteiger partial charge in [0.05, 0.1) is 0 Å². The summed E-state index contributed by atoms with van der Waals surface area (Å²) in [5, 5.41) is 6.69. The number of carbonyl (C=O) groups is 1. The number of Topliss-reactive ketones (excluding diaryl/α,β-unsaturated/α-hetero) is 1. The van der Waals surface area contributed by atoms with Crippen molar-refractivity contribution in [1.29, 1.82) is 0 Å². The van der Waals surface area contributed by atoms with Gasteiger partial charge >= 0.3 is 0 Å². The van der Waals surface area contributed by atoms with Crippen LogP contribution in [0, 0.1) is 0 Å². The van der Waals surface area contributed by atoms with Crippen molar-refractivity contribution in [2.45, 2.75) is 25.8 Å². The quantitative estimate of drug-likeness (QED) is 0.755. The Morgan fingerprint density at radius 1 is 1.50 bits per heavy atom. The number of pyridine rings is 1. The fourth-order valence-corrected chi connectivity index (χ4v) is 1.90. The minimum Gasteiger partial charge on any atom is -0.367 e. The number of hydrogen-bond acceptors (Lipinski definition) is 4. The lowest BCUT2D eigenvalue weighted by Gasteiger charge is -2.24. The number of aromatic nitrogens is 1. The van der Waals surface area contributed by atoms with Crippen molar-refractivity contribution in [1.82, 2.24) is 10.3 Å². The second-order valence-corrected chi connectivity index (χ2v) is 4.15. The first-order chi connectivity index (χ1) is 7.75. The number of nitrogens with zero attached hydrogens (tertiary/aromatic N) is 1. The molecule has 1 aromatic rings. The molecule has 0 bridgehead atoms. The van der Waals surface area contributed by atoms with Crippen LogP contribution in [0.2, 0.25) is 0 Å². The van der Waals surface area contributed by atoms with Gasteiger partial charge in [-0.1, -0.05) is 0 Å². The molecule has 2 N–H and O–H groups in total. The molecule has 2 rings (SSSR count). The summed E-state index contributed by atoms with van der Waals surface area (Å²) < 4.78 is 0. The van der Waals surface area contributed by atoms with E-state index in [0.29, 0.717) is 11.6 Å². The maximum atomic E-state index is 11.2. The largest absolute Gasteiger partial charge is 0.367 e. The zero-order valence-corrected chi connectivity index (χ0v) is 9.49. The molecule has 0 radical (unpaired) electrons. The molecular formula is C12H17N3O. The summed E-state index contributed by atoms with van der Waals surface area (Å²) in [4.78, 5) is 15.5. The SMILES string of the molecule is CC(=O)c1ccnc(NC2CCNCC2)c1. The van der Waals surface area contributed by atoms with Crippen LogP contribution in [-0.2, 0) is 0 Å². The summed E-state index contributed by atoms with van der Waals surface area (Å²) >= 11 is 0. The van der Waals surface area contributed by atoms with E-state index in [2.05, 4.69) is 15.6 Å². The Morgan fingerprint density at radius 3 is 2.94 bits per heavy atom. The van der Waals surface area contributed by atoms with Crippen LogP contribution in [0.4, 0.5) is 5.82 Å². The molecule has 1 saturated heterocycles. The van der Waals surface area contributed by atoms with Crippen molar-refractivity contribution in [2.24, 2.45) is 0 Å². The van der Waals surface area contributed by atoms with Gasteiger partial charge in [-0.25, -0.2) is 4.98 Å². The third-order valence-corrected chi connectivity index (χ3v) is 2.86. The molecule has 0 saturated carbocycles. The summed E-state index contributed by atoms with van der Waals surface area (Å²) in [6.07, 6.45) is 3.89. The summed E-state index contributed by atoms with van der Waals surface area (Å²) in [6.45, 7) is 3.66. The molecule has 0 amide bonds. The van der Waals surface area contributed by atoms with Crippen LogP contribution in [-0.4, -0.2) is 29.9 Å². The molecule has 1 fully saturated rings. The van der Waals surface area contributed by atoms with Crippen LogP contribution < -0.4 is 10.6 Å². The average Bonchev–Trinajstić information content (AvgIpc) is 2.30. The standard InChI is InChI=1S/C12H17N3O/c1-9(16)10-2-7-14-12(8-10)15-11-3-5-13-6-4-11/h2,7-8,11,13H,3-6H2,1H3,(H,14,15). The lowest BCUT2D eigenvalue weighted by atomic mass is 10.1. The van der Waals surface area contributed by atoms with Crippen molar-refractivity contribution >= 4 is 11.6 Å². The fraction of sp³-hybridized carbons (Fsp3) is 0.500. The Morgan fingerprint density at radius 2 is 2.25 bits per heavy atom. The fourth-order valence-electron chi connectivity index (χ4n) is 1.90. The Hall–Kier alpha value is -1.42. The van der Waals surface area contributed by atoms with Crippen molar-refractivity contribution < 1.29 is 4.79 Å². The highest BCUT2D eigenvalue weighted by Crippen LogP contribution is 2.12. The summed E-state index contributed by atoms with van der Waals surface area (Å²) in [5.41, 5.74) is 0.714. The molecule has 0 aromatic carbocycles. The molecule has 0 atom stereocenters. The van der Waals surface area contributed by atoms with Gasteiger partial charge in [-0.05, 0) is 45.0 Å². The lowest BCUT2D eigenvalue weighted by molar-refractivity contribution is 0.101. The summed E-state index contributed by atoms with van der Waals surface area (Å²) in [7, 11) is 0. The smallest absolute Gasteiger partial charge is 0.159 e. The summed E-state index contributed by atoms with van der Waals surface area (Å²) in [6, 6.07) is 4.04. The minimum absolute atomic E-state index is 0.0794. The van der Waals surface area contributed by atoms with Crippen LogP contribution in [0.1, 0.15) is 30.1 Å². The van der Waals surface area contributed by atoms with Gasteiger partial charge in [0.2, 0.25) is 0 Å². The number of rotatable bonds is 3. The maximum Gasteiger partial charge on any atom is 0.159 e. The maximum absolute atomic E-state index is 11.2. The molecule has 1 aromatic heterocycles. The minimum atomic E-state index is 0.0794. The second-order valence-electron chi connectivity index (χ2n) is 4.15. The number of ketones is 1. The van der Waals surface area contributed by atoms with Gasteiger partial charge in [0.1, 0.15) is 5.82 Å². The van der Waals surface area contributed by atoms with E-state index in [1.807, 2.05) is 6.07 Å². The van der Waals surface area contributed by atoms with E-state index >= 15 is 0 Å². The Balaban J connectivity index is 2.02. The molecule has 16 heavy (non-hydrogen) atoms. The molecule has 86 valence electrons. The van der Waals surface area contributed by atoms with Gasteiger partial charge < -0.3 is 10.6 Å². The number of hydrogen-bond donors (Lipinski definition) is 2. The van der Waals surface area contributed by atoms with Gasteiger partial charge in [0, 0.05) is 17.8 Å². The zero-order valence-electron chi connectivity index (χ0n) is 9.49. The van der Waals surface area contributed by atoms with E-state index < -0.39 is 0 Å². The first-order valence-corrected chi connectivity index (χ1v) is 5.70. The zero-order chi connectivity index (χ0) is 11.4. The number of nitrogens with one attached hydrogen (secondary N) is 2. The number of carbonyl (C=O) groups excluding carboxylic acids is 1. The Labute approximate surface area is 95.5 Å². The van der Waals surface area contributed by atoms with Crippen LogP contribution in [0.15, 0.2) is 18.3 Å². The second kappa shape index (κ2) is 5.07. The molecule has 1 aliphatic rings. The van der Waals surface area contributed by atoms with E-state index in [0.717, 1.165) is 31.7 Å². The van der Waals surface area contributed by atoms with Crippen LogP contribution in [0.3, 0.4) is 0 Å². The van der Waals surface area contributed by atoms with E-state index in [9.17, 15) is 4.79 Å². The number of anilines is 1. The Bertz CT molecular complexity index is 372. The molecule has 1 aliphatic heterocycles.